The molecule has 0 aromatic carbocycles. The molecule has 2 N–H and O–H groups in total. The van der Waals surface area contributed by atoms with Crippen LogP contribution in [0.25, 0.3) is 0 Å². The zero-order valence-corrected chi connectivity index (χ0v) is 8.57. The number of aliphatic hydroxyl groups is 2. The second kappa shape index (κ2) is 3.51. The number of hydrogen-bond donors (Lipinski definition) is 2. The molecule has 1 atom stereocenters. The van der Waals surface area contributed by atoms with Crippen LogP contribution in [0, 0.1) is 0 Å². The molecule has 0 amide bonds. The third-order valence-electron chi connectivity index (χ3n) is 0.551. The minimum atomic E-state index is -0.845. The van der Waals surface area contributed by atoms with Crippen LogP contribution in [0.5, 0.6) is 0 Å². The molecule has 0 fully saturated rings. The van der Waals surface area contributed by atoms with E-state index >= 15 is 0 Å². The Morgan fingerprint density at radius 2 is 1.75 bits per heavy atom. The third kappa shape index (κ3) is 3.40. The SMILES string of the molecule is OCC(O)C(Br)(Br)Br. The largest absolute Gasteiger partial charge is 0.394 e. The van der Waals surface area contributed by atoms with Crippen molar-refractivity contribution in [1.29, 1.82) is 0 Å². The maximum atomic E-state index is 8.80. The lowest BCUT2D eigenvalue weighted by atomic mass is 10.4. The van der Waals surface area contributed by atoms with Crippen molar-refractivity contribution in [2.75, 3.05) is 6.61 Å². The number of rotatable bonds is 1. The number of aliphatic hydroxyl groups excluding tert-OH is 2. The first kappa shape index (κ1) is 9.36. The number of alkyl halides is 3. The smallest absolute Gasteiger partial charge is 0.162 e. The van der Waals surface area contributed by atoms with Gasteiger partial charge in [0, 0.05) is 0 Å². The molecular formula is C3H5Br3O2. The maximum Gasteiger partial charge on any atom is 0.162 e. The van der Waals surface area contributed by atoms with Crippen LogP contribution in [0.3, 0.4) is 0 Å². The molecule has 50 valence electrons. The molecule has 0 rings (SSSR count). The average molecular weight is 313 g/mol. The van der Waals surface area contributed by atoms with Crippen LogP contribution in [0.2, 0.25) is 0 Å². The summed E-state index contributed by atoms with van der Waals surface area (Å²) < 4.78 is -0.748. The first-order chi connectivity index (χ1) is 3.48. The van der Waals surface area contributed by atoms with Crippen LogP contribution in [0.4, 0.5) is 0 Å². The quantitative estimate of drug-likeness (QED) is 0.714. The van der Waals surface area contributed by atoms with Crippen molar-refractivity contribution in [3.05, 3.63) is 0 Å². The summed E-state index contributed by atoms with van der Waals surface area (Å²) in [6.45, 7) is -0.290. The molecule has 0 aliphatic heterocycles. The maximum absolute atomic E-state index is 8.80. The lowest BCUT2D eigenvalue weighted by molar-refractivity contribution is 0.106. The fraction of sp³-hybridized carbons (Fsp3) is 1.00. The van der Waals surface area contributed by atoms with E-state index in [-0.39, 0.29) is 6.61 Å². The summed E-state index contributed by atoms with van der Waals surface area (Å²) in [5.74, 6) is 0. The van der Waals surface area contributed by atoms with Gasteiger partial charge in [-0.25, -0.2) is 0 Å². The van der Waals surface area contributed by atoms with E-state index in [0.29, 0.717) is 0 Å². The van der Waals surface area contributed by atoms with Crippen molar-refractivity contribution in [2.45, 2.75) is 8.25 Å². The highest BCUT2D eigenvalue weighted by Crippen LogP contribution is 2.36. The van der Waals surface area contributed by atoms with Gasteiger partial charge in [0.05, 0.1) is 6.61 Å². The van der Waals surface area contributed by atoms with Crippen molar-refractivity contribution >= 4 is 47.8 Å². The Labute approximate surface area is 72.7 Å². The molecule has 0 heterocycles. The fourth-order valence-electron chi connectivity index (χ4n) is 0.104. The number of hydrogen-bond acceptors (Lipinski definition) is 2. The fourth-order valence-corrected chi connectivity index (χ4v) is 0.538. The summed E-state index contributed by atoms with van der Waals surface area (Å²) in [5, 5.41) is 17.1. The summed E-state index contributed by atoms with van der Waals surface area (Å²) in [5.41, 5.74) is 0. The minimum Gasteiger partial charge on any atom is -0.394 e. The summed E-state index contributed by atoms with van der Waals surface area (Å²) in [4.78, 5) is 0. The molecule has 2 nitrogen and oxygen atoms in total. The summed E-state index contributed by atoms with van der Waals surface area (Å²) in [7, 11) is 0. The van der Waals surface area contributed by atoms with Gasteiger partial charge in [-0.1, -0.05) is 47.8 Å². The van der Waals surface area contributed by atoms with Crippen LogP contribution in [-0.2, 0) is 0 Å². The van der Waals surface area contributed by atoms with Crippen molar-refractivity contribution in [3.8, 4) is 0 Å². The highest BCUT2D eigenvalue weighted by molar-refractivity contribution is 9.39. The zero-order chi connectivity index (χ0) is 6.78. The molecule has 0 saturated heterocycles. The molecule has 0 aliphatic rings. The van der Waals surface area contributed by atoms with Gasteiger partial charge in [-0.2, -0.15) is 0 Å². The standard InChI is InChI=1S/C3H5Br3O2/c4-3(5,6)2(8)1-7/h2,7-8H,1H2. The Hall–Kier alpha value is 1.36. The van der Waals surface area contributed by atoms with Crippen LogP contribution in [0.15, 0.2) is 0 Å². The molecule has 0 bridgehead atoms. The minimum absolute atomic E-state index is 0.290. The Balaban J connectivity index is 3.62. The van der Waals surface area contributed by atoms with Crippen LogP contribution in [-0.4, -0.2) is 25.1 Å². The van der Waals surface area contributed by atoms with E-state index in [1.807, 2.05) is 0 Å². The second-order valence-electron chi connectivity index (χ2n) is 1.24. The van der Waals surface area contributed by atoms with Crippen molar-refractivity contribution in [1.82, 2.24) is 0 Å². The van der Waals surface area contributed by atoms with E-state index in [2.05, 4.69) is 47.8 Å². The Kier molecular flexibility index (Phi) is 4.11. The molecule has 5 heteroatoms. The average Bonchev–Trinajstić information content (AvgIpc) is 1.62. The molecule has 8 heavy (non-hydrogen) atoms. The summed E-state index contributed by atoms with van der Waals surface area (Å²) >= 11 is 9.08. The van der Waals surface area contributed by atoms with Crippen LogP contribution in [0.1, 0.15) is 0 Å². The lowest BCUT2D eigenvalue weighted by Crippen LogP contribution is -2.26. The van der Waals surface area contributed by atoms with E-state index < -0.39 is 8.25 Å². The number of halogens is 3. The van der Waals surface area contributed by atoms with Crippen molar-refractivity contribution in [3.63, 3.8) is 0 Å². The topological polar surface area (TPSA) is 40.5 Å². The summed E-state index contributed by atoms with van der Waals surface area (Å²) in [6.07, 6.45) is -0.845. The van der Waals surface area contributed by atoms with Crippen LogP contribution < -0.4 is 0 Å². The van der Waals surface area contributed by atoms with E-state index in [1.165, 1.54) is 0 Å². The highest BCUT2D eigenvalue weighted by Gasteiger charge is 2.27. The van der Waals surface area contributed by atoms with Crippen LogP contribution >= 0.6 is 47.8 Å². The molecule has 0 saturated carbocycles. The third-order valence-corrected chi connectivity index (χ3v) is 2.14. The predicted octanol–water partition coefficient (Wildman–Crippen LogP) is 1.18. The van der Waals surface area contributed by atoms with E-state index in [0.717, 1.165) is 0 Å². The van der Waals surface area contributed by atoms with Gasteiger partial charge in [-0.3, -0.25) is 0 Å². The highest BCUT2D eigenvalue weighted by atomic mass is 80.0. The first-order valence-corrected chi connectivity index (χ1v) is 4.22. The molecule has 0 aliphatic carbocycles. The molecule has 0 radical (unpaired) electrons. The Morgan fingerprint density at radius 1 is 1.38 bits per heavy atom. The Bertz CT molecular complexity index is 69.4. The van der Waals surface area contributed by atoms with E-state index in [4.69, 9.17) is 10.2 Å². The first-order valence-electron chi connectivity index (χ1n) is 1.84. The second-order valence-corrected chi connectivity index (χ2v) is 8.18. The van der Waals surface area contributed by atoms with Gasteiger partial charge >= 0.3 is 0 Å². The molecular weight excluding hydrogens is 308 g/mol. The van der Waals surface area contributed by atoms with Gasteiger partial charge in [-0.05, 0) is 0 Å². The monoisotopic (exact) mass is 310 g/mol. The van der Waals surface area contributed by atoms with Crippen molar-refractivity contribution in [2.24, 2.45) is 0 Å². The molecule has 0 spiro atoms. The normalized spacial score (nSPS) is 16.1. The predicted molar refractivity (Wildman–Crippen MR) is 42.6 cm³/mol. The van der Waals surface area contributed by atoms with E-state index in [9.17, 15) is 0 Å². The molecule has 0 aromatic heterocycles. The molecule has 1 unspecified atom stereocenters. The van der Waals surface area contributed by atoms with Crippen molar-refractivity contribution < 1.29 is 10.2 Å². The van der Waals surface area contributed by atoms with E-state index in [1.54, 1.807) is 0 Å². The van der Waals surface area contributed by atoms with Gasteiger partial charge in [-0.15, -0.1) is 0 Å². The lowest BCUT2D eigenvalue weighted by Gasteiger charge is -2.16. The van der Waals surface area contributed by atoms with Gasteiger partial charge < -0.3 is 10.2 Å². The Morgan fingerprint density at radius 3 is 1.75 bits per heavy atom. The molecule has 0 aromatic rings. The van der Waals surface area contributed by atoms with Gasteiger partial charge in [0.25, 0.3) is 0 Å². The van der Waals surface area contributed by atoms with Gasteiger partial charge in [0.1, 0.15) is 6.10 Å². The zero-order valence-electron chi connectivity index (χ0n) is 3.81. The van der Waals surface area contributed by atoms with Gasteiger partial charge in [0.2, 0.25) is 0 Å². The van der Waals surface area contributed by atoms with Gasteiger partial charge in [0.15, 0.2) is 2.14 Å². The summed E-state index contributed by atoms with van der Waals surface area (Å²) in [6, 6.07) is 0.